The molecule has 0 aliphatic heterocycles. The predicted molar refractivity (Wildman–Crippen MR) is 99.3 cm³/mol. The molecule has 27 heavy (non-hydrogen) atoms. The second-order valence-corrected chi connectivity index (χ2v) is 7.13. The van der Waals surface area contributed by atoms with Gasteiger partial charge in [0.1, 0.15) is 0 Å². The number of rotatable bonds is 7. The summed E-state index contributed by atoms with van der Waals surface area (Å²) in [6.07, 6.45) is -0.951. The Morgan fingerprint density at radius 2 is 1.81 bits per heavy atom. The minimum absolute atomic E-state index is 0.00491. The third-order valence-corrected chi connectivity index (χ3v) is 4.73. The number of aromatic nitrogens is 1. The minimum atomic E-state index is -4.43. The van der Waals surface area contributed by atoms with Crippen LogP contribution in [0.15, 0.2) is 48.8 Å². The fraction of sp³-hybridized carbons (Fsp3) is 0.429. The summed E-state index contributed by atoms with van der Waals surface area (Å²) >= 11 is 0. The highest BCUT2D eigenvalue weighted by atomic mass is 19.4. The fourth-order valence-corrected chi connectivity index (χ4v) is 3.20. The van der Waals surface area contributed by atoms with E-state index in [2.05, 4.69) is 24.1 Å². The number of hydrogen-bond donors (Lipinski definition) is 1. The van der Waals surface area contributed by atoms with E-state index in [1.165, 1.54) is 12.1 Å². The van der Waals surface area contributed by atoms with E-state index in [9.17, 15) is 18.0 Å². The van der Waals surface area contributed by atoms with Crippen molar-refractivity contribution in [2.75, 3.05) is 6.54 Å². The van der Waals surface area contributed by atoms with E-state index in [1.807, 2.05) is 12.1 Å². The summed E-state index contributed by atoms with van der Waals surface area (Å²) in [5.41, 5.74) is 0.497. The number of carbonyl (C=O) groups is 1. The third kappa shape index (κ3) is 5.81. The number of benzene rings is 1. The van der Waals surface area contributed by atoms with Gasteiger partial charge in [0.25, 0.3) is 0 Å². The zero-order valence-corrected chi connectivity index (χ0v) is 15.8. The van der Waals surface area contributed by atoms with Crippen LogP contribution in [-0.4, -0.2) is 17.4 Å². The van der Waals surface area contributed by atoms with Crippen molar-refractivity contribution in [1.29, 1.82) is 0 Å². The number of amides is 1. The van der Waals surface area contributed by atoms with Crippen molar-refractivity contribution in [3.63, 3.8) is 0 Å². The maximum atomic E-state index is 13.2. The summed E-state index contributed by atoms with van der Waals surface area (Å²) in [6.45, 7) is 6.19. The van der Waals surface area contributed by atoms with Crippen LogP contribution in [0.1, 0.15) is 55.7 Å². The van der Waals surface area contributed by atoms with Crippen molar-refractivity contribution in [2.24, 2.45) is 5.92 Å². The summed E-state index contributed by atoms with van der Waals surface area (Å²) in [5, 5.41) is 2.87. The summed E-state index contributed by atoms with van der Waals surface area (Å²) in [4.78, 5) is 16.5. The number of halogens is 3. The van der Waals surface area contributed by atoms with Crippen LogP contribution in [0.3, 0.4) is 0 Å². The highest BCUT2D eigenvalue weighted by Crippen LogP contribution is 2.36. The first kappa shape index (κ1) is 20.9. The molecular weight excluding hydrogens is 353 g/mol. The van der Waals surface area contributed by atoms with E-state index in [4.69, 9.17) is 0 Å². The molecule has 0 aliphatic carbocycles. The van der Waals surface area contributed by atoms with E-state index < -0.39 is 17.7 Å². The Labute approximate surface area is 158 Å². The molecule has 1 heterocycles. The molecule has 0 fully saturated rings. The standard InChI is InChI=1S/C21H25F3N2O/c1-14(2)18(16-7-6-10-25-12-16)13-26-20(27)11-15(3)17-8-4-5-9-19(17)21(22,23)24/h4-10,12,14-15,18H,11,13H2,1-3H3,(H,26,27)/t15-,18+/m1/s1. The van der Waals surface area contributed by atoms with Crippen LogP contribution < -0.4 is 5.32 Å². The quantitative estimate of drug-likeness (QED) is 0.724. The third-order valence-electron chi connectivity index (χ3n) is 4.73. The van der Waals surface area contributed by atoms with Gasteiger partial charge in [-0.2, -0.15) is 13.2 Å². The SMILES string of the molecule is CC(C)[C@H](CNC(=O)C[C@@H](C)c1ccccc1C(F)(F)F)c1cccnc1. The molecule has 146 valence electrons. The molecule has 0 aliphatic rings. The number of pyridine rings is 1. The van der Waals surface area contributed by atoms with Gasteiger partial charge in [-0.3, -0.25) is 9.78 Å². The van der Waals surface area contributed by atoms with Gasteiger partial charge >= 0.3 is 6.18 Å². The lowest BCUT2D eigenvalue weighted by Gasteiger charge is -2.22. The van der Waals surface area contributed by atoms with Crippen molar-refractivity contribution in [3.8, 4) is 0 Å². The molecule has 3 nitrogen and oxygen atoms in total. The smallest absolute Gasteiger partial charge is 0.355 e. The number of carbonyl (C=O) groups excluding carboxylic acids is 1. The second-order valence-electron chi connectivity index (χ2n) is 7.13. The molecule has 0 spiro atoms. The monoisotopic (exact) mass is 378 g/mol. The molecule has 2 rings (SSSR count). The number of nitrogens with zero attached hydrogens (tertiary/aromatic N) is 1. The van der Waals surface area contributed by atoms with Crippen molar-refractivity contribution in [1.82, 2.24) is 10.3 Å². The van der Waals surface area contributed by atoms with Crippen molar-refractivity contribution < 1.29 is 18.0 Å². The molecule has 0 bridgehead atoms. The van der Waals surface area contributed by atoms with Gasteiger partial charge in [0.2, 0.25) is 5.91 Å². The van der Waals surface area contributed by atoms with Gasteiger partial charge in [-0.25, -0.2) is 0 Å². The van der Waals surface area contributed by atoms with E-state index in [-0.39, 0.29) is 29.7 Å². The first-order valence-electron chi connectivity index (χ1n) is 9.03. The van der Waals surface area contributed by atoms with Gasteiger partial charge < -0.3 is 5.32 Å². The van der Waals surface area contributed by atoms with Crippen LogP contribution in [0.5, 0.6) is 0 Å². The predicted octanol–water partition coefficient (Wildman–Crippen LogP) is 5.15. The Kier molecular flexibility index (Phi) is 6.99. The van der Waals surface area contributed by atoms with Gasteiger partial charge in [-0.05, 0) is 35.1 Å². The first-order chi connectivity index (χ1) is 12.7. The Balaban J connectivity index is 2.01. The number of alkyl halides is 3. The molecule has 0 saturated carbocycles. The summed E-state index contributed by atoms with van der Waals surface area (Å²) in [7, 11) is 0. The van der Waals surface area contributed by atoms with Gasteiger partial charge in [0, 0.05) is 31.3 Å². The maximum absolute atomic E-state index is 13.2. The van der Waals surface area contributed by atoms with Crippen LogP contribution in [0.25, 0.3) is 0 Å². The van der Waals surface area contributed by atoms with Crippen LogP contribution in [0.4, 0.5) is 13.2 Å². The highest BCUT2D eigenvalue weighted by Gasteiger charge is 2.34. The zero-order valence-electron chi connectivity index (χ0n) is 15.8. The lowest BCUT2D eigenvalue weighted by atomic mass is 9.89. The van der Waals surface area contributed by atoms with Crippen molar-refractivity contribution in [2.45, 2.75) is 45.2 Å². The normalized spacial score (nSPS) is 14.0. The second kappa shape index (κ2) is 9.02. The molecular formula is C21H25F3N2O. The Morgan fingerprint density at radius 3 is 2.41 bits per heavy atom. The molecule has 2 aromatic rings. The summed E-state index contributed by atoms with van der Waals surface area (Å²) in [6, 6.07) is 9.24. The lowest BCUT2D eigenvalue weighted by Crippen LogP contribution is -2.31. The highest BCUT2D eigenvalue weighted by molar-refractivity contribution is 5.77. The van der Waals surface area contributed by atoms with Gasteiger partial charge in [0.15, 0.2) is 0 Å². The largest absolute Gasteiger partial charge is 0.416 e. The molecule has 6 heteroatoms. The number of nitrogens with one attached hydrogen (secondary N) is 1. The fourth-order valence-electron chi connectivity index (χ4n) is 3.20. The lowest BCUT2D eigenvalue weighted by molar-refractivity contribution is -0.138. The van der Waals surface area contributed by atoms with Crippen LogP contribution in [0, 0.1) is 5.92 Å². The topological polar surface area (TPSA) is 42.0 Å². The molecule has 1 N–H and O–H groups in total. The molecule has 1 amide bonds. The molecule has 0 saturated heterocycles. The minimum Gasteiger partial charge on any atom is -0.355 e. The Morgan fingerprint density at radius 1 is 1.11 bits per heavy atom. The molecule has 1 aromatic carbocycles. The Hall–Kier alpha value is -2.37. The van der Waals surface area contributed by atoms with Gasteiger partial charge in [0.05, 0.1) is 5.56 Å². The number of hydrogen-bond acceptors (Lipinski definition) is 2. The van der Waals surface area contributed by atoms with Crippen molar-refractivity contribution >= 4 is 5.91 Å². The van der Waals surface area contributed by atoms with Crippen LogP contribution >= 0.6 is 0 Å². The van der Waals surface area contributed by atoms with E-state index >= 15 is 0 Å². The zero-order chi connectivity index (χ0) is 20.0. The average molecular weight is 378 g/mol. The van der Waals surface area contributed by atoms with E-state index in [0.29, 0.717) is 6.54 Å². The molecule has 1 aromatic heterocycles. The van der Waals surface area contributed by atoms with Gasteiger partial charge in [-0.15, -0.1) is 0 Å². The van der Waals surface area contributed by atoms with Gasteiger partial charge in [-0.1, -0.05) is 45.0 Å². The van der Waals surface area contributed by atoms with Crippen LogP contribution in [-0.2, 0) is 11.0 Å². The molecule has 2 atom stereocenters. The first-order valence-corrected chi connectivity index (χ1v) is 9.03. The summed E-state index contributed by atoms with van der Waals surface area (Å²) in [5.74, 6) is -0.397. The average Bonchev–Trinajstić information content (AvgIpc) is 2.61. The summed E-state index contributed by atoms with van der Waals surface area (Å²) < 4.78 is 39.5. The van der Waals surface area contributed by atoms with Crippen LogP contribution in [0.2, 0.25) is 0 Å². The maximum Gasteiger partial charge on any atom is 0.416 e. The Bertz CT molecular complexity index is 745. The van der Waals surface area contributed by atoms with E-state index in [0.717, 1.165) is 11.6 Å². The van der Waals surface area contributed by atoms with Crippen molar-refractivity contribution in [3.05, 3.63) is 65.5 Å². The van der Waals surface area contributed by atoms with E-state index in [1.54, 1.807) is 25.4 Å². The molecule has 0 radical (unpaired) electrons. The molecule has 0 unspecified atom stereocenters.